The van der Waals surface area contributed by atoms with Crippen LogP contribution in [0.25, 0.3) is 0 Å². The molecule has 0 radical (unpaired) electrons. The first-order valence-electron chi connectivity index (χ1n) is 9.35. The van der Waals surface area contributed by atoms with Gasteiger partial charge in [-0.2, -0.15) is 0 Å². The molecule has 0 aromatic heterocycles. The molecule has 1 aliphatic rings. The van der Waals surface area contributed by atoms with E-state index in [-0.39, 0.29) is 24.1 Å². The molecule has 1 fully saturated rings. The second-order valence-electron chi connectivity index (χ2n) is 7.39. The number of hydrogen-bond acceptors (Lipinski definition) is 3. The number of piperidine rings is 1. The lowest BCUT2D eigenvalue weighted by Gasteiger charge is -2.31. The minimum absolute atomic E-state index is 0.0878. The van der Waals surface area contributed by atoms with E-state index in [9.17, 15) is 13.2 Å². The maximum atomic E-state index is 12.8. The zero-order chi connectivity index (χ0) is 20.3. The second-order valence-corrected chi connectivity index (χ2v) is 9.79. The third kappa shape index (κ3) is 5.13. The molecular weight excluding hydrogens is 396 g/mol. The Morgan fingerprint density at radius 1 is 1.18 bits per heavy atom. The highest BCUT2D eigenvalue weighted by atomic mass is 35.5. The van der Waals surface area contributed by atoms with Gasteiger partial charge >= 0.3 is 0 Å². The van der Waals surface area contributed by atoms with Crippen LogP contribution in [-0.4, -0.2) is 31.7 Å². The number of carbonyl (C=O) groups is 1. The van der Waals surface area contributed by atoms with E-state index >= 15 is 0 Å². The highest BCUT2D eigenvalue weighted by Gasteiger charge is 2.32. The Hall–Kier alpha value is -1.89. The predicted octanol–water partition coefficient (Wildman–Crippen LogP) is 4.14. The molecule has 28 heavy (non-hydrogen) atoms. The first-order chi connectivity index (χ1) is 13.2. The Balaban J connectivity index is 1.68. The highest BCUT2D eigenvalue weighted by Crippen LogP contribution is 2.24. The lowest BCUT2D eigenvalue weighted by atomic mass is 9.98. The van der Waals surface area contributed by atoms with Gasteiger partial charge in [-0.05, 0) is 61.6 Å². The summed E-state index contributed by atoms with van der Waals surface area (Å²) >= 11 is 5.87. The van der Waals surface area contributed by atoms with E-state index in [4.69, 9.17) is 11.6 Å². The number of aryl methyl sites for hydroxylation is 2. The molecule has 5 nitrogen and oxygen atoms in total. The van der Waals surface area contributed by atoms with E-state index < -0.39 is 10.0 Å². The van der Waals surface area contributed by atoms with E-state index in [0.717, 1.165) is 16.8 Å². The summed E-state index contributed by atoms with van der Waals surface area (Å²) in [5.41, 5.74) is 3.52. The summed E-state index contributed by atoms with van der Waals surface area (Å²) < 4.78 is 27.1. The average molecular weight is 421 g/mol. The van der Waals surface area contributed by atoms with Crippen LogP contribution in [-0.2, 0) is 20.6 Å². The lowest BCUT2D eigenvalue weighted by Crippen LogP contribution is -2.44. The summed E-state index contributed by atoms with van der Waals surface area (Å²) in [6.07, 6.45) is 1.36. The molecule has 2 aromatic carbocycles. The van der Waals surface area contributed by atoms with E-state index in [0.29, 0.717) is 30.0 Å². The monoisotopic (exact) mass is 420 g/mol. The first-order valence-corrected chi connectivity index (χ1v) is 11.3. The van der Waals surface area contributed by atoms with Crippen LogP contribution in [0.3, 0.4) is 0 Å². The van der Waals surface area contributed by atoms with Crippen molar-refractivity contribution >= 4 is 33.2 Å². The summed E-state index contributed by atoms with van der Waals surface area (Å²) in [6, 6.07) is 12.7. The van der Waals surface area contributed by atoms with Crippen LogP contribution in [0.4, 0.5) is 5.69 Å². The van der Waals surface area contributed by atoms with Crippen molar-refractivity contribution in [2.24, 2.45) is 5.92 Å². The molecule has 3 rings (SSSR count). The van der Waals surface area contributed by atoms with Crippen molar-refractivity contribution in [2.45, 2.75) is 32.4 Å². The van der Waals surface area contributed by atoms with Gasteiger partial charge in [0.2, 0.25) is 15.9 Å². The molecule has 0 aliphatic carbocycles. The van der Waals surface area contributed by atoms with Crippen molar-refractivity contribution in [1.82, 2.24) is 4.31 Å². The van der Waals surface area contributed by atoms with Crippen LogP contribution in [0, 0.1) is 19.8 Å². The summed E-state index contributed by atoms with van der Waals surface area (Å²) in [5, 5.41) is 3.55. The van der Waals surface area contributed by atoms with Crippen LogP contribution in [0.2, 0.25) is 5.02 Å². The number of benzene rings is 2. The van der Waals surface area contributed by atoms with E-state index in [1.165, 1.54) is 4.31 Å². The molecular formula is C21H25ClN2O3S. The van der Waals surface area contributed by atoms with Gasteiger partial charge in [-0.15, -0.1) is 0 Å². The van der Waals surface area contributed by atoms with Gasteiger partial charge in [0.1, 0.15) is 0 Å². The van der Waals surface area contributed by atoms with Crippen LogP contribution in [0.5, 0.6) is 0 Å². The number of rotatable bonds is 5. The van der Waals surface area contributed by atoms with Gasteiger partial charge in [-0.1, -0.05) is 35.9 Å². The second kappa shape index (κ2) is 8.64. The normalized spacial score (nSPS) is 18.0. The van der Waals surface area contributed by atoms with Crippen molar-refractivity contribution in [3.8, 4) is 0 Å². The molecule has 1 atom stereocenters. The molecule has 2 aromatic rings. The number of anilines is 1. The minimum atomic E-state index is -3.49. The lowest BCUT2D eigenvalue weighted by molar-refractivity contribution is -0.120. The Labute approximate surface area is 171 Å². The number of carbonyl (C=O) groups excluding carboxylic acids is 1. The third-order valence-corrected chi connectivity index (χ3v) is 7.13. The van der Waals surface area contributed by atoms with Crippen molar-refractivity contribution in [2.75, 3.05) is 18.4 Å². The van der Waals surface area contributed by atoms with Gasteiger partial charge in [-0.25, -0.2) is 12.7 Å². The van der Waals surface area contributed by atoms with Crippen LogP contribution >= 0.6 is 11.6 Å². The molecule has 1 N–H and O–H groups in total. The number of amides is 1. The quantitative estimate of drug-likeness (QED) is 0.790. The van der Waals surface area contributed by atoms with Crippen LogP contribution in [0.1, 0.15) is 29.5 Å². The van der Waals surface area contributed by atoms with Crippen molar-refractivity contribution < 1.29 is 13.2 Å². The maximum Gasteiger partial charge on any atom is 0.228 e. The average Bonchev–Trinajstić information content (AvgIpc) is 2.66. The Morgan fingerprint density at radius 3 is 2.61 bits per heavy atom. The van der Waals surface area contributed by atoms with Crippen molar-refractivity contribution in [3.05, 3.63) is 64.2 Å². The van der Waals surface area contributed by atoms with E-state index in [1.54, 1.807) is 24.3 Å². The number of nitrogens with zero attached hydrogens (tertiary/aromatic N) is 1. The summed E-state index contributed by atoms with van der Waals surface area (Å²) in [7, 11) is -3.49. The SMILES string of the molecule is Cc1ccc(C)c(NC(=O)[C@@H]2CCCN(S(=O)(=O)Cc3ccc(Cl)cc3)C2)c1. The smallest absolute Gasteiger partial charge is 0.228 e. The number of sulfonamides is 1. The molecule has 150 valence electrons. The van der Waals surface area contributed by atoms with Gasteiger partial charge in [0, 0.05) is 23.8 Å². The van der Waals surface area contributed by atoms with E-state index in [1.807, 2.05) is 32.0 Å². The topological polar surface area (TPSA) is 66.5 Å². The maximum absolute atomic E-state index is 12.8. The van der Waals surface area contributed by atoms with Crippen LogP contribution in [0.15, 0.2) is 42.5 Å². The summed E-state index contributed by atoms with van der Waals surface area (Å²) in [5.74, 6) is -0.566. The van der Waals surface area contributed by atoms with Gasteiger partial charge in [0.25, 0.3) is 0 Å². The molecule has 1 saturated heterocycles. The highest BCUT2D eigenvalue weighted by molar-refractivity contribution is 7.88. The van der Waals surface area contributed by atoms with Crippen molar-refractivity contribution in [1.29, 1.82) is 0 Å². The number of halogens is 1. The molecule has 0 saturated carbocycles. The molecule has 1 heterocycles. The fourth-order valence-electron chi connectivity index (χ4n) is 3.40. The number of nitrogens with one attached hydrogen (secondary N) is 1. The van der Waals surface area contributed by atoms with Gasteiger partial charge < -0.3 is 5.32 Å². The van der Waals surface area contributed by atoms with Crippen molar-refractivity contribution in [3.63, 3.8) is 0 Å². The van der Waals surface area contributed by atoms with Crippen LogP contribution < -0.4 is 5.32 Å². The largest absolute Gasteiger partial charge is 0.326 e. The Morgan fingerprint density at radius 2 is 1.89 bits per heavy atom. The zero-order valence-electron chi connectivity index (χ0n) is 16.1. The Bertz CT molecular complexity index is 958. The fraction of sp³-hybridized carbons (Fsp3) is 0.381. The molecule has 0 spiro atoms. The Kier molecular flexibility index (Phi) is 6.43. The molecule has 0 bridgehead atoms. The summed E-state index contributed by atoms with van der Waals surface area (Å²) in [6.45, 7) is 4.58. The molecule has 1 aliphatic heterocycles. The standard InChI is InChI=1S/C21H25ClN2O3S/c1-15-5-6-16(2)20(12-15)23-21(25)18-4-3-11-24(13-18)28(26,27)14-17-7-9-19(22)10-8-17/h5-10,12,18H,3-4,11,13-14H2,1-2H3,(H,23,25)/t18-/m1/s1. The molecule has 1 amide bonds. The summed E-state index contributed by atoms with van der Waals surface area (Å²) in [4.78, 5) is 12.8. The number of hydrogen-bond donors (Lipinski definition) is 1. The molecule has 0 unspecified atom stereocenters. The van der Waals surface area contributed by atoms with Gasteiger partial charge in [0.15, 0.2) is 0 Å². The fourth-order valence-corrected chi connectivity index (χ4v) is 5.13. The zero-order valence-corrected chi connectivity index (χ0v) is 17.7. The predicted molar refractivity (Wildman–Crippen MR) is 113 cm³/mol. The van der Waals surface area contributed by atoms with Gasteiger partial charge in [-0.3, -0.25) is 4.79 Å². The third-order valence-electron chi connectivity index (χ3n) is 5.06. The molecule has 7 heteroatoms. The first kappa shape index (κ1) is 20.8. The van der Waals surface area contributed by atoms with Gasteiger partial charge in [0.05, 0.1) is 11.7 Å². The minimum Gasteiger partial charge on any atom is -0.326 e. The van der Waals surface area contributed by atoms with E-state index in [2.05, 4.69) is 5.32 Å².